The smallest absolute Gasteiger partial charge is 0.323 e. The summed E-state index contributed by atoms with van der Waals surface area (Å²) in [7, 11) is 0. The predicted octanol–water partition coefficient (Wildman–Crippen LogP) is 4.14. The zero-order valence-corrected chi connectivity index (χ0v) is 18.2. The highest BCUT2D eigenvalue weighted by Gasteiger charge is 2.62. The normalized spacial score (nSPS) is 17.5. The monoisotopic (exact) mass is 488 g/mol. The van der Waals surface area contributed by atoms with Crippen LogP contribution in [0, 0.1) is 6.92 Å². The van der Waals surface area contributed by atoms with Gasteiger partial charge in [-0.25, -0.2) is 9.97 Å². The Labute approximate surface area is 189 Å². The Hall–Kier alpha value is -2.77. The number of nitrogens with one attached hydrogen (secondary N) is 2. The van der Waals surface area contributed by atoms with Gasteiger partial charge in [-0.1, -0.05) is 0 Å². The van der Waals surface area contributed by atoms with E-state index >= 15 is 0 Å². The summed E-state index contributed by atoms with van der Waals surface area (Å²) in [5.41, 5.74) is 3.44. The third-order valence-electron chi connectivity index (χ3n) is 4.97. The van der Waals surface area contributed by atoms with Crippen molar-refractivity contribution in [1.29, 1.82) is 0 Å². The van der Waals surface area contributed by atoms with Crippen LogP contribution in [-0.4, -0.2) is 58.8 Å². The van der Waals surface area contributed by atoms with Crippen LogP contribution in [0.25, 0.3) is 16.9 Å². The fourth-order valence-electron chi connectivity index (χ4n) is 3.55. The van der Waals surface area contributed by atoms with Gasteiger partial charge in [-0.15, -0.1) is 12.4 Å². The quantitative estimate of drug-likeness (QED) is 0.411. The van der Waals surface area contributed by atoms with Crippen molar-refractivity contribution >= 4 is 40.4 Å². The van der Waals surface area contributed by atoms with Crippen LogP contribution in [0.3, 0.4) is 0 Å². The fraction of sp³-hybridized carbons (Fsp3) is 0.333. The minimum absolute atomic E-state index is 0. The van der Waals surface area contributed by atoms with Crippen LogP contribution in [0.1, 0.15) is 11.4 Å². The van der Waals surface area contributed by atoms with Crippen molar-refractivity contribution in [3.05, 3.63) is 42.2 Å². The number of imidazole rings is 1. The lowest BCUT2D eigenvalue weighted by atomic mass is 10.2. The molecular formula is C18H17ClF4N8S. The SMILES string of the molecule is Cc1cn2c(-c3cn[nH]c3)cnc2c(Nc2cc(CN3CC(F)(F)C(F)(F)C3)ns2)n1.Cl. The molecular weight excluding hydrogens is 472 g/mol. The number of rotatable bonds is 5. The molecule has 0 amide bonds. The van der Waals surface area contributed by atoms with Gasteiger partial charge in [0.25, 0.3) is 0 Å². The van der Waals surface area contributed by atoms with Crippen LogP contribution in [0.5, 0.6) is 0 Å². The molecule has 0 spiro atoms. The molecule has 32 heavy (non-hydrogen) atoms. The highest BCUT2D eigenvalue weighted by molar-refractivity contribution is 7.10. The molecule has 0 radical (unpaired) electrons. The molecule has 14 heteroatoms. The third kappa shape index (κ3) is 3.91. The average molecular weight is 489 g/mol. The Balaban J connectivity index is 0.00000245. The van der Waals surface area contributed by atoms with Crippen molar-refractivity contribution in [2.24, 2.45) is 0 Å². The third-order valence-corrected chi connectivity index (χ3v) is 5.71. The number of aryl methyl sites for hydroxylation is 1. The highest BCUT2D eigenvalue weighted by Crippen LogP contribution is 2.41. The van der Waals surface area contributed by atoms with Crippen LogP contribution < -0.4 is 5.32 Å². The van der Waals surface area contributed by atoms with Crippen LogP contribution in [0.15, 0.2) is 30.9 Å². The summed E-state index contributed by atoms with van der Waals surface area (Å²) >= 11 is 1.09. The number of alkyl halides is 4. The van der Waals surface area contributed by atoms with Gasteiger partial charge in [-0.3, -0.25) is 14.4 Å². The van der Waals surface area contributed by atoms with Gasteiger partial charge in [0, 0.05) is 24.5 Å². The summed E-state index contributed by atoms with van der Waals surface area (Å²) in [4.78, 5) is 9.94. The van der Waals surface area contributed by atoms with E-state index in [4.69, 9.17) is 0 Å². The zero-order valence-electron chi connectivity index (χ0n) is 16.5. The summed E-state index contributed by atoms with van der Waals surface area (Å²) in [5, 5.41) is 10.5. The Bertz CT molecular complexity index is 1220. The molecule has 1 aliphatic rings. The summed E-state index contributed by atoms with van der Waals surface area (Å²) < 4.78 is 59.7. The summed E-state index contributed by atoms with van der Waals surface area (Å²) in [6, 6.07) is 1.64. The minimum Gasteiger partial charge on any atom is -0.328 e. The molecule has 0 atom stereocenters. The number of likely N-dealkylation sites (tertiary alicyclic amines) is 1. The minimum atomic E-state index is -4.03. The molecule has 5 rings (SSSR count). The Morgan fingerprint density at radius 3 is 2.62 bits per heavy atom. The number of hydrogen-bond donors (Lipinski definition) is 2. The van der Waals surface area contributed by atoms with E-state index in [-0.39, 0.29) is 19.0 Å². The lowest BCUT2D eigenvalue weighted by molar-refractivity contribution is -0.172. The first-order valence-corrected chi connectivity index (χ1v) is 10.0. The molecule has 1 saturated heterocycles. The Morgan fingerprint density at radius 1 is 1.19 bits per heavy atom. The topological polar surface area (TPSA) is 87.0 Å². The second-order valence-corrected chi connectivity index (χ2v) is 8.22. The van der Waals surface area contributed by atoms with Gasteiger partial charge >= 0.3 is 11.8 Å². The van der Waals surface area contributed by atoms with Crippen molar-refractivity contribution in [3.63, 3.8) is 0 Å². The van der Waals surface area contributed by atoms with Crippen molar-refractivity contribution in [3.8, 4) is 11.3 Å². The number of aromatic amines is 1. The van der Waals surface area contributed by atoms with Gasteiger partial charge in [-0.2, -0.15) is 27.0 Å². The van der Waals surface area contributed by atoms with Gasteiger partial charge in [0.2, 0.25) is 0 Å². The van der Waals surface area contributed by atoms with E-state index in [0.29, 0.717) is 22.2 Å². The molecule has 8 nitrogen and oxygen atoms in total. The molecule has 2 N–H and O–H groups in total. The van der Waals surface area contributed by atoms with Crippen LogP contribution in [-0.2, 0) is 6.54 Å². The Morgan fingerprint density at radius 2 is 1.94 bits per heavy atom. The van der Waals surface area contributed by atoms with Gasteiger partial charge in [-0.05, 0) is 24.5 Å². The molecule has 0 saturated carbocycles. The van der Waals surface area contributed by atoms with E-state index in [1.807, 2.05) is 17.5 Å². The lowest BCUT2D eigenvalue weighted by Gasteiger charge is -2.15. The molecule has 1 fully saturated rings. The van der Waals surface area contributed by atoms with Crippen molar-refractivity contribution in [2.45, 2.75) is 25.3 Å². The van der Waals surface area contributed by atoms with Crippen LogP contribution >= 0.6 is 23.9 Å². The van der Waals surface area contributed by atoms with Crippen LogP contribution in [0.4, 0.5) is 28.4 Å². The molecule has 0 aromatic carbocycles. The number of halogens is 5. The zero-order chi connectivity index (χ0) is 21.8. The standard InChI is InChI=1S/C18H16F4N8S.ClH/c1-10-6-30-13(11-3-24-25-4-11)5-23-16(30)15(26-10)27-14-2-12(28-31-14)7-29-8-17(19,20)18(21,22)9-29;/h2-6H,7-9H2,1H3,(H,24,25)(H,26,27);1H. The van der Waals surface area contributed by atoms with Crippen molar-refractivity contribution in [2.75, 3.05) is 18.4 Å². The summed E-state index contributed by atoms with van der Waals surface area (Å²) in [5.74, 6) is -7.58. The first kappa shape index (κ1) is 22.4. The van der Waals surface area contributed by atoms with Crippen LogP contribution in [0.2, 0.25) is 0 Å². The van der Waals surface area contributed by atoms with Gasteiger partial charge in [0.05, 0.1) is 42.6 Å². The van der Waals surface area contributed by atoms with Gasteiger partial charge in [0.1, 0.15) is 5.00 Å². The van der Waals surface area contributed by atoms with E-state index in [0.717, 1.165) is 33.4 Å². The molecule has 4 aromatic heterocycles. The number of fused-ring (bicyclic) bond motifs is 1. The largest absolute Gasteiger partial charge is 0.328 e. The average Bonchev–Trinajstić information content (AvgIpc) is 3.43. The molecule has 4 aromatic rings. The first-order valence-electron chi connectivity index (χ1n) is 9.26. The van der Waals surface area contributed by atoms with Crippen molar-refractivity contribution < 1.29 is 17.6 Å². The second kappa shape index (κ2) is 7.98. The van der Waals surface area contributed by atoms with E-state index in [1.54, 1.807) is 24.7 Å². The molecule has 1 aliphatic heterocycles. The summed E-state index contributed by atoms with van der Waals surface area (Å²) in [6.45, 7) is -0.236. The number of hydrogen-bond acceptors (Lipinski definition) is 7. The molecule has 5 heterocycles. The number of nitrogens with zero attached hydrogens (tertiary/aromatic N) is 6. The maximum absolute atomic E-state index is 13.4. The van der Waals surface area contributed by atoms with E-state index in [2.05, 4.69) is 29.9 Å². The maximum Gasteiger partial charge on any atom is 0.323 e. The molecule has 0 unspecified atom stereocenters. The summed E-state index contributed by atoms with van der Waals surface area (Å²) in [6.07, 6.45) is 7.00. The van der Waals surface area contributed by atoms with Gasteiger partial charge < -0.3 is 5.32 Å². The highest BCUT2D eigenvalue weighted by atomic mass is 35.5. The maximum atomic E-state index is 13.4. The lowest BCUT2D eigenvalue weighted by Crippen LogP contribution is -2.38. The van der Waals surface area contributed by atoms with Gasteiger partial charge in [0.15, 0.2) is 11.5 Å². The van der Waals surface area contributed by atoms with E-state index < -0.39 is 24.9 Å². The number of H-pyrrole nitrogens is 1. The fourth-order valence-corrected chi connectivity index (χ4v) is 4.21. The molecule has 0 bridgehead atoms. The molecule has 170 valence electrons. The van der Waals surface area contributed by atoms with E-state index in [1.165, 1.54) is 0 Å². The first-order chi connectivity index (χ1) is 14.7. The molecule has 0 aliphatic carbocycles. The van der Waals surface area contributed by atoms with Crippen molar-refractivity contribution in [1.82, 2.24) is 33.8 Å². The second-order valence-electron chi connectivity index (χ2n) is 7.42. The Kier molecular flexibility index (Phi) is 5.59. The predicted molar refractivity (Wildman–Crippen MR) is 113 cm³/mol. The van der Waals surface area contributed by atoms with E-state index in [9.17, 15) is 17.6 Å². The number of aromatic nitrogens is 6. The number of anilines is 2.